The number of hydrogen-bond donors (Lipinski definition) is 1. The van der Waals surface area contributed by atoms with E-state index in [1.54, 1.807) is 0 Å². The minimum absolute atomic E-state index is 0.573. The Bertz CT molecular complexity index is 106. The van der Waals surface area contributed by atoms with Gasteiger partial charge in [0.1, 0.15) is 0 Å². The van der Waals surface area contributed by atoms with Crippen LogP contribution in [0.1, 0.15) is 6.92 Å². The molecule has 1 unspecified atom stereocenters. The summed E-state index contributed by atoms with van der Waals surface area (Å²) in [5.41, 5.74) is 0. The topological polar surface area (TPSA) is 12.0 Å². The van der Waals surface area contributed by atoms with Gasteiger partial charge in [-0.3, -0.25) is 0 Å². The van der Waals surface area contributed by atoms with Gasteiger partial charge in [0.15, 0.2) is 0 Å². The van der Waals surface area contributed by atoms with Crippen LogP contribution in [0, 0.1) is 0 Å². The van der Waals surface area contributed by atoms with Crippen LogP contribution in [0.2, 0.25) is 0 Å². The smallest absolute Gasteiger partial charge is 0.0268 e. The zero-order valence-electron chi connectivity index (χ0n) is 6.48. The summed E-state index contributed by atoms with van der Waals surface area (Å²) in [5.74, 6) is 1.15. The molecule has 0 aromatic carbocycles. The molecule has 0 aliphatic rings. The molecule has 1 atom stereocenters. The van der Waals surface area contributed by atoms with E-state index in [4.69, 9.17) is 0 Å². The normalized spacial score (nSPS) is 13.1. The minimum Gasteiger partial charge on any atom is -0.309 e. The Labute approximate surface area is 75.8 Å². The van der Waals surface area contributed by atoms with Crippen molar-refractivity contribution < 1.29 is 0 Å². The highest BCUT2D eigenvalue weighted by atomic mass is 79.9. The summed E-state index contributed by atoms with van der Waals surface area (Å²) in [7, 11) is 0. The van der Waals surface area contributed by atoms with Crippen molar-refractivity contribution in [2.45, 2.75) is 13.0 Å². The lowest BCUT2D eigenvalue weighted by Crippen LogP contribution is -2.28. The Morgan fingerprint density at radius 3 is 2.80 bits per heavy atom. The highest BCUT2D eigenvalue weighted by Gasteiger charge is 1.97. The summed E-state index contributed by atoms with van der Waals surface area (Å²) in [5, 5.41) is 3.32. The Morgan fingerprint density at radius 1 is 1.80 bits per heavy atom. The summed E-state index contributed by atoms with van der Waals surface area (Å²) in [4.78, 5) is 0. The molecule has 0 fully saturated rings. The van der Waals surface area contributed by atoms with Crippen molar-refractivity contribution in [1.82, 2.24) is 5.32 Å². The van der Waals surface area contributed by atoms with E-state index in [-0.39, 0.29) is 0 Å². The third-order valence-electron chi connectivity index (χ3n) is 1.06. The summed E-state index contributed by atoms with van der Waals surface area (Å²) < 4.78 is 1.01. The molecule has 0 aliphatic carbocycles. The van der Waals surface area contributed by atoms with Gasteiger partial charge in [0, 0.05) is 22.8 Å². The third-order valence-corrected chi connectivity index (χ3v) is 2.17. The molecule has 0 rings (SSSR count). The second-order valence-corrected chi connectivity index (χ2v) is 4.29. The van der Waals surface area contributed by atoms with Crippen molar-refractivity contribution in [3.63, 3.8) is 0 Å². The van der Waals surface area contributed by atoms with Gasteiger partial charge in [-0.2, -0.15) is 11.8 Å². The van der Waals surface area contributed by atoms with Gasteiger partial charge in [0.05, 0.1) is 0 Å². The molecule has 0 heterocycles. The summed E-state index contributed by atoms with van der Waals surface area (Å²) in [6.07, 6.45) is 2.11. The van der Waals surface area contributed by atoms with Gasteiger partial charge >= 0.3 is 0 Å². The quantitative estimate of drug-likeness (QED) is 0.768. The summed E-state index contributed by atoms with van der Waals surface area (Å²) in [6, 6.07) is 0.573. The van der Waals surface area contributed by atoms with Crippen molar-refractivity contribution in [1.29, 1.82) is 0 Å². The predicted octanol–water partition coefficient (Wildman–Crippen LogP) is 2.24. The average molecular weight is 224 g/mol. The van der Waals surface area contributed by atoms with E-state index >= 15 is 0 Å². The van der Waals surface area contributed by atoms with Crippen molar-refractivity contribution in [2.24, 2.45) is 0 Å². The van der Waals surface area contributed by atoms with Crippen LogP contribution in [0.4, 0.5) is 0 Å². The standard InChI is InChI=1S/C7H14BrNS/c1-6(8)4-9-7(2)5-10-3/h7,9H,1,4-5H2,2-3H3. The molecule has 3 heteroatoms. The van der Waals surface area contributed by atoms with E-state index in [1.165, 1.54) is 0 Å². The molecule has 1 N–H and O–H groups in total. The average Bonchev–Trinajstić information content (AvgIpc) is 1.85. The highest BCUT2D eigenvalue weighted by Crippen LogP contribution is 2.00. The molecule has 0 saturated carbocycles. The lowest BCUT2D eigenvalue weighted by molar-refractivity contribution is 0.639. The zero-order chi connectivity index (χ0) is 7.98. The molecule has 0 aromatic heterocycles. The maximum Gasteiger partial charge on any atom is 0.0268 e. The van der Waals surface area contributed by atoms with Gasteiger partial charge in [-0.25, -0.2) is 0 Å². The minimum atomic E-state index is 0.573. The van der Waals surface area contributed by atoms with E-state index < -0.39 is 0 Å². The van der Waals surface area contributed by atoms with E-state index in [1.807, 2.05) is 11.8 Å². The molecular weight excluding hydrogens is 210 g/mol. The molecule has 60 valence electrons. The Hall–Kier alpha value is 0.530. The number of thioether (sulfide) groups is 1. The Morgan fingerprint density at radius 2 is 2.40 bits per heavy atom. The van der Waals surface area contributed by atoms with E-state index in [0.29, 0.717) is 6.04 Å². The first-order chi connectivity index (χ1) is 4.66. The SMILES string of the molecule is C=C(Br)CNC(C)CSC. The number of rotatable bonds is 5. The fourth-order valence-corrected chi connectivity index (χ4v) is 1.37. The molecule has 0 amide bonds. The van der Waals surface area contributed by atoms with E-state index in [9.17, 15) is 0 Å². The number of hydrogen-bond acceptors (Lipinski definition) is 2. The molecular formula is C7H14BrNS. The molecule has 10 heavy (non-hydrogen) atoms. The first-order valence-corrected chi connectivity index (χ1v) is 5.41. The van der Waals surface area contributed by atoms with Gasteiger partial charge in [0.25, 0.3) is 0 Å². The maximum absolute atomic E-state index is 3.73. The molecule has 0 radical (unpaired) electrons. The van der Waals surface area contributed by atoms with Crippen LogP contribution >= 0.6 is 27.7 Å². The molecule has 0 spiro atoms. The Balaban J connectivity index is 3.21. The van der Waals surface area contributed by atoms with Crippen LogP contribution < -0.4 is 5.32 Å². The van der Waals surface area contributed by atoms with Gasteiger partial charge < -0.3 is 5.32 Å². The van der Waals surface area contributed by atoms with E-state index in [2.05, 4.69) is 41.0 Å². The Kier molecular flexibility index (Phi) is 6.59. The van der Waals surface area contributed by atoms with Crippen molar-refractivity contribution in [3.8, 4) is 0 Å². The van der Waals surface area contributed by atoms with Crippen LogP contribution in [0.25, 0.3) is 0 Å². The molecule has 0 aromatic rings. The highest BCUT2D eigenvalue weighted by molar-refractivity contribution is 9.11. The largest absolute Gasteiger partial charge is 0.309 e. The molecule has 0 saturated heterocycles. The number of halogens is 1. The van der Waals surface area contributed by atoms with Crippen LogP contribution in [-0.2, 0) is 0 Å². The zero-order valence-corrected chi connectivity index (χ0v) is 8.89. The van der Waals surface area contributed by atoms with Gasteiger partial charge in [-0.05, 0) is 13.2 Å². The lowest BCUT2D eigenvalue weighted by atomic mass is 10.4. The number of nitrogens with one attached hydrogen (secondary N) is 1. The van der Waals surface area contributed by atoms with Crippen LogP contribution in [0.15, 0.2) is 11.1 Å². The lowest BCUT2D eigenvalue weighted by Gasteiger charge is -2.10. The second-order valence-electron chi connectivity index (χ2n) is 2.25. The van der Waals surface area contributed by atoms with Crippen LogP contribution in [0.3, 0.4) is 0 Å². The van der Waals surface area contributed by atoms with Crippen molar-refractivity contribution >= 4 is 27.7 Å². The molecule has 1 nitrogen and oxygen atoms in total. The van der Waals surface area contributed by atoms with Crippen molar-refractivity contribution in [2.75, 3.05) is 18.6 Å². The van der Waals surface area contributed by atoms with Crippen LogP contribution in [-0.4, -0.2) is 24.6 Å². The summed E-state index contributed by atoms with van der Waals surface area (Å²) in [6.45, 7) is 6.77. The first kappa shape index (κ1) is 10.5. The first-order valence-electron chi connectivity index (χ1n) is 3.22. The summed E-state index contributed by atoms with van der Waals surface area (Å²) >= 11 is 5.14. The van der Waals surface area contributed by atoms with Crippen LogP contribution in [0.5, 0.6) is 0 Å². The van der Waals surface area contributed by atoms with Crippen molar-refractivity contribution in [3.05, 3.63) is 11.1 Å². The maximum atomic E-state index is 3.73. The van der Waals surface area contributed by atoms with Gasteiger partial charge in [0.2, 0.25) is 0 Å². The third kappa shape index (κ3) is 6.65. The van der Waals surface area contributed by atoms with Gasteiger partial charge in [-0.15, -0.1) is 0 Å². The fourth-order valence-electron chi connectivity index (χ4n) is 0.594. The molecule has 0 bridgehead atoms. The van der Waals surface area contributed by atoms with E-state index in [0.717, 1.165) is 16.8 Å². The molecule has 0 aliphatic heterocycles. The second kappa shape index (κ2) is 6.25. The van der Waals surface area contributed by atoms with Gasteiger partial charge in [-0.1, -0.05) is 22.5 Å². The fraction of sp³-hybridized carbons (Fsp3) is 0.714. The monoisotopic (exact) mass is 223 g/mol. The predicted molar refractivity (Wildman–Crippen MR) is 53.9 cm³/mol.